The van der Waals surface area contributed by atoms with Gasteiger partial charge in [-0.1, -0.05) is 12.1 Å². The predicted octanol–water partition coefficient (Wildman–Crippen LogP) is 2.12. The van der Waals surface area contributed by atoms with Crippen LogP contribution in [-0.4, -0.2) is 46.7 Å². The van der Waals surface area contributed by atoms with Crippen molar-refractivity contribution in [1.29, 1.82) is 0 Å². The number of ether oxygens (including phenoxy) is 1. The van der Waals surface area contributed by atoms with E-state index in [1.807, 2.05) is 24.3 Å². The second-order valence-electron chi connectivity index (χ2n) is 6.67. The first-order valence-electron chi connectivity index (χ1n) is 8.88. The summed E-state index contributed by atoms with van der Waals surface area (Å²) in [4.78, 5) is 31.0. The molecule has 0 radical (unpaired) electrons. The highest BCUT2D eigenvalue weighted by molar-refractivity contribution is 5.80. The van der Waals surface area contributed by atoms with Crippen LogP contribution in [0.5, 0.6) is 0 Å². The Morgan fingerprint density at radius 3 is 2.96 bits per heavy atom. The van der Waals surface area contributed by atoms with Gasteiger partial charge in [-0.2, -0.15) is 0 Å². The Bertz CT molecular complexity index is 809. The molecule has 0 bridgehead atoms. The zero-order valence-electron chi connectivity index (χ0n) is 14.9. The third-order valence-corrected chi connectivity index (χ3v) is 4.78. The molecule has 6 nitrogen and oxygen atoms in total. The summed E-state index contributed by atoms with van der Waals surface area (Å²) in [6.07, 6.45) is 4.50. The lowest BCUT2D eigenvalue weighted by Gasteiger charge is -2.19. The predicted molar refractivity (Wildman–Crippen MR) is 96.6 cm³/mol. The summed E-state index contributed by atoms with van der Waals surface area (Å²) in [6, 6.07) is 7.41. The Balaban J connectivity index is 1.66. The minimum absolute atomic E-state index is 0.0408. The highest BCUT2D eigenvalue weighted by Crippen LogP contribution is 2.17. The van der Waals surface area contributed by atoms with Crippen molar-refractivity contribution < 1.29 is 9.53 Å². The monoisotopic (exact) mass is 343 g/mol. The van der Waals surface area contributed by atoms with E-state index in [1.165, 1.54) is 4.57 Å². The molecular formula is C19H25N3O3. The first kappa shape index (κ1) is 17.6. The number of carbonyl (C=O) groups is 1. The SMILES string of the molecule is Cc1nc2ccccc2n(CC(=O)N(C)CCC[C@@H]2CCCO2)c1=O. The van der Waals surface area contributed by atoms with Crippen LogP contribution in [0.25, 0.3) is 11.0 Å². The van der Waals surface area contributed by atoms with Gasteiger partial charge in [0.1, 0.15) is 12.2 Å². The molecule has 1 aliphatic heterocycles. The van der Waals surface area contributed by atoms with Gasteiger partial charge in [-0.15, -0.1) is 0 Å². The number of likely N-dealkylation sites (N-methyl/N-ethyl adjacent to an activating group) is 1. The van der Waals surface area contributed by atoms with E-state index in [2.05, 4.69) is 4.98 Å². The highest BCUT2D eigenvalue weighted by atomic mass is 16.5. The molecule has 2 heterocycles. The molecule has 1 fully saturated rings. The fourth-order valence-electron chi connectivity index (χ4n) is 3.29. The van der Waals surface area contributed by atoms with Crippen LogP contribution in [0.2, 0.25) is 0 Å². The van der Waals surface area contributed by atoms with Crippen molar-refractivity contribution in [1.82, 2.24) is 14.5 Å². The van der Waals surface area contributed by atoms with Crippen molar-refractivity contribution in [2.24, 2.45) is 0 Å². The Kier molecular flexibility index (Phi) is 5.48. The summed E-state index contributed by atoms with van der Waals surface area (Å²) in [5.41, 5.74) is 1.62. The fraction of sp³-hybridized carbons (Fsp3) is 0.526. The zero-order chi connectivity index (χ0) is 17.8. The molecule has 0 N–H and O–H groups in total. The highest BCUT2D eigenvalue weighted by Gasteiger charge is 2.17. The largest absolute Gasteiger partial charge is 0.378 e. The molecular weight excluding hydrogens is 318 g/mol. The van der Waals surface area contributed by atoms with Crippen LogP contribution in [0.15, 0.2) is 29.1 Å². The molecule has 1 saturated heterocycles. The molecule has 6 heteroatoms. The molecule has 134 valence electrons. The summed E-state index contributed by atoms with van der Waals surface area (Å²) in [6.45, 7) is 3.26. The summed E-state index contributed by atoms with van der Waals surface area (Å²) < 4.78 is 7.14. The van der Waals surface area contributed by atoms with E-state index in [-0.39, 0.29) is 18.0 Å². The van der Waals surface area contributed by atoms with Gasteiger partial charge in [0, 0.05) is 20.2 Å². The van der Waals surface area contributed by atoms with Gasteiger partial charge in [0.25, 0.3) is 5.56 Å². The summed E-state index contributed by atoms with van der Waals surface area (Å²) in [7, 11) is 1.79. The lowest BCUT2D eigenvalue weighted by molar-refractivity contribution is -0.130. The number of amides is 1. The van der Waals surface area contributed by atoms with Gasteiger partial charge in [-0.25, -0.2) is 4.98 Å². The average Bonchev–Trinajstić information content (AvgIpc) is 3.12. The molecule has 1 aromatic carbocycles. The molecule has 0 unspecified atom stereocenters. The van der Waals surface area contributed by atoms with Crippen molar-refractivity contribution in [2.45, 2.75) is 45.3 Å². The Hall–Kier alpha value is -2.21. The van der Waals surface area contributed by atoms with Gasteiger partial charge in [0.15, 0.2) is 0 Å². The minimum atomic E-state index is -0.209. The lowest BCUT2D eigenvalue weighted by Crippen LogP contribution is -2.35. The van der Waals surface area contributed by atoms with Crippen LogP contribution < -0.4 is 5.56 Å². The summed E-state index contributed by atoms with van der Waals surface area (Å²) >= 11 is 0. The lowest BCUT2D eigenvalue weighted by atomic mass is 10.1. The van der Waals surface area contributed by atoms with Crippen molar-refractivity contribution in [3.63, 3.8) is 0 Å². The Morgan fingerprint density at radius 2 is 2.20 bits per heavy atom. The van der Waals surface area contributed by atoms with Crippen LogP contribution in [0, 0.1) is 6.92 Å². The van der Waals surface area contributed by atoms with Crippen LogP contribution in [0.4, 0.5) is 0 Å². The van der Waals surface area contributed by atoms with Crippen LogP contribution in [0.3, 0.4) is 0 Å². The van der Waals surface area contributed by atoms with Gasteiger partial charge in [-0.05, 0) is 44.7 Å². The molecule has 1 atom stereocenters. The molecule has 3 rings (SSSR count). The summed E-state index contributed by atoms with van der Waals surface area (Å²) in [5, 5.41) is 0. The quantitative estimate of drug-likeness (QED) is 0.806. The van der Waals surface area contributed by atoms with Gasteiger partial charge in [0.05, 0.1) is 17.1 Å². The number of carbonyl (C=O) groups excluding carboxylic acids is 1. The van der Waals surface area contributed by atoms with E-state index < -0.39 is 0 Å². The number of hydrogen-bond acceptors (Lipinski definition) is 4. The van der Waals surface area contributed by atoms with E-state index in [1.54, 1.807) is 18.9 Å². The van der Waals surface area contributed by atoms with Crippen LogP contribution in [-0.2, 0) is 16.1 Å². The van der Waals surface area contributed by atoms with Crippen molar-refractivity contribution in [2.75, 3.05) is 20.2 Å². The Labute approximate surface area is 147 Å². The van der Waals surface area contributed by atoms with Crippen molar-refractivity contribution in [3.05, 3.63) is 40.3 Å². The van der Waals surface area contributed by atoms with Crippen molar-refractivity contribution in [3.8, 4) is 0 Å². The molecule has 1 amide bonds. The van der Waals surface area contributed by atoms with Crippen LogP contribution in [0.1, 0.15) is 31.4 Å². The number of aromatic nitrogens is 2. The van der Waals surface area contributed by atoms with E-state index in [0.717, 1.165) is 37.8 Å². The smallest absolute Gasteiger partial charge is 0.272 e. The van der Waals surface area contributed by atoms with Gasteiger partial charge >= 0.3 is 0 Å². The third kappa shape index (κ3) is 4.07. The molecule has 0 spiro atoms. The van der Waals surface area contributed by atoms with E-state index in [9.17, 15) is 9.59 Å². The van der Waals surface area contributed by atoms with Gasteiger partial charge < -0.3 is 9.64 Å². The number of para-hydroxylation sites is 2. The van der Waals surface area contributed by atoms with Crippen LogP contribution >= 0.6 is 0 Å². The maximum absolute atomic E-state index is 12.6. The number of fused-ring (bicyclic) bond motifs is 1. The second-order valence-corrected chi connectivity index (χ2v) is 6.67. The number of nitrogens with zero attached hydrogens (tertiary/aromatic N) is 3. The van der Waals surface area contributed by atoms with Gasteiger partial charge in [0.2, 0.25) is 5.91 Å². The number of aryl methyl sites for hydroxylation is 1. The first-order valence-corrected chi connectivity index (χ1v) is 8.88. The molecule has 25 heavy (non-hydrogen) atoms. The minimum Gasteiger partial charge on any atom is -0.378 e. The standard InChI is InChI=1S/C19H25N3O3/c1-14-19(24)22(17-10-4-3-9-16(17)20-14)13-18(23)21(2)11-5-7-15-8-6-12-25-15/h3-4,9-10,15H,5-8,11-13H2,1-2H3/t15-/m1/s1. The topological polar surface area (TPSA) is 64.4 Å². The first-order chi connectivity index (χ1) is 12.1. The normalized spacial score (nSPS) is 17.1. The van der Waals surface area contributed by atoms with Crippen molar-refractivity contribution >= 4 is 16.9 Å². The van der Waals surface area contributed by atoms with E-state index >= 15 is 0 Å². The zero-order valence-corrected chi connectivity index (χ0v) is 14.9. The second kappa shape index (κ2) is 7.78. The maximum Gasteiger partial charge on any atom is 0.272 e. The third-order valence-electron chi connectivity index (χ3n) is 4.78. The number of rotatable bonds is 6. The van der Waals surface area contributed by atoms with E-state index in [4.69, 9.17) is 4.74 Å². The molecule has 0 aliphatic carbocycles. The fourth-order valence-corrected chi connectivity index (χ4v) is 3.29. The number of hydrogen-bond donors (Lipinski definition) is 0. The number of benzene rings is 1. The van der Waals surface area contributed by atoms with Gasteiger partial charge in [-0.3, -0.25) is 14.2 Å². The summed E-state index contributed by atoms with van der Waals surface area (Å²) in [5.74, 6) is -0.0646. The molecule has 1 aromatic heterocycles. The average molecular weight is 343 g/mol. The molecule has 1 aliphatic rings. The maximum atomic E-state index is 12.6. The molecule has 0 saturated carbocycles. The van der Waals surface area contributed by atoms with E-state index in [0.29, 0.717) is 23.9 Å². The molecule has 2 aromatic rings. The Morgan fingerprint density at radius 1 is 1.40 bits per heavy atom.